The maximum Gasteiger partial charge on any atom is 0.414 e. The molecule has 0 unspecified atom stereocenters. The molecular formula is C32H41N3O6. The van der Waals surface area contributed by atoms with Gasteiger partial charge in [-0.05, 0) is 43.5 Å². The molecule has 1 aliphatic heterocycles. The molecule has 1 fully saturated rings. The lowest BCUT2D eigenvalue weighted by Gasteiger charge is -2.32. The predicted octanol–water partition coefficient (Wildman–Crippen LogP) is 4.98. The van der Waals surface area contributed by atoms with E-state index < -0.39 is 6.09 Å². The van der Waals surface area contributed by atoms with Crippen molar-refractivity contribution < 1.29 is 28.5 Å². The summed E-state index contributed by atoms with van der Waals surface area (Å²) in [5.41, 5.74) is 1.30. The van der Waals surface area contributed by atoms with E-state index in [1.807, 2.05) is 61.2 Å². The van der Waals surface area contributed by atoms with Crippen LogP contribution >= 0.6 is 0 Å². The number of nitrogens with one attached hydrogen (secondary N) is 1. The lowest BCUT2D eigenvalue weighted by Crippen LogP contribution is -2.44. The zero-order valence-corrected chi connectivity index (χ0v) is 24.6. The highest BCUT2D eigenvalue weighted by Gasteiger charge is 2.35. The fourth-order valence-corrected chi connectivity index (χ4v) is 5.09. The maximum absolute atomic E-state index is 13.7. The van der Waals surface area contributed by atoms with Crippen molar-refractivity contribution in [3.05, 3.63) is 66.2 Å². The second kappa shape index (κ2) is 14.2. The molecule has 3 aromatic rings. The molecule has 0 radical (unpaired) electrons. The molecule has 3 aromatic carbocycles. The second-order valence-corrected chi connectivity index (χ2v) is 10.5. The van der Waals surface area contributed by atoms with E-state index in [0.717, 1.165) is 22.9 Å². The normalized spacial score (nSPS) is 16.5. The fourth-order valence-electron chi connectivity index (χ4n) is 5.09. The Morgan fingerprint density at radius 3 is 2.51 bits per heavy atom. The van der Waals surface area contributed by atoms with Crippen molar-refractivity contribution in [3.8, 4) is 11.5 Å². The van der Waals surface area contributed by atoms with Crippen LogP contribution in [0.25, 0.3) is 10.8 Å². The van der Waals surface area contributed by atoms with E-state index in [2.05, 4.69) is 5.32 Å². The van der Waals surface area contributed by atoms with E-state index in [1.54, 1.807) is 44.4 Å². The van der Waals surface area contributed by atoms with Gasteiger partial charge in [0, 0.05) is 69.7 Å². The number of hydrogen-bond donors (Lipinski definition) is 1. The van der Waals surface area contributed by atoms with Gasteiger partial charge in [-0.25, -0.2) is 4.79 Å². The van der Waals surface area contributed by atoms with Crippen LogP contribution < -0.4 is 19.7 Å². The molecule has 41 heavy (non-hydrogen) atoms. The molecule has 1 saturated heterocycles. The van der Waals surface area contributed by atoms with Gasteiger partial charge in [-0.15, -0.1) is 0 Å². The number of ether oxygens (including phenoxy) is 4. The van der Waals surface area contributed by atoms with Crippen LogP contribution in [-0.4, -0.2) is 83.2 Å². The molecule has 4 rings (SSSR count). The van der Waals surface area contributed by atoms with Gasteiger partial charge in [-0.1, -0.05) is 36.4 Å². The summed E-state index contributed by atoms with van der Waals surface area (Å²) < 4.78 is 22.4. The van der Waals surface area contributed by atoms with Crippen LogP contribution in [0.1, 0.15) is 30.6 Å². The highest BCUT2D eigenvalue weighted by molar-refractivity contribution is 6.01. The number of nitrogens with zero attached hydrogens (tertiary/aromatic N) is 2. The summed E-state index contributed by atoms with van der Waals surface area (Å²) in [5, 5.41) is 5.37. The summed E-state index contributed by atoms with van der Waals surface area (Å²) >= 11 is 0. The summed E-state index contributed by atoms with van der Waals surface area (Å²) in [6, 6.07) is 19.0. The van der Waals surface area contributed by atoms with Gasteiger partial charge in [0.25, 0.3) is 5.91 Å². The molecule has 9 heteroatoms. The van der Waals surface area contributed by atoms with Gasteiger partial charge >= 0.3 is 6.09 Å². The third-order valence-corrected chi connectivity index (χ3v) is 7.41. The maximum atomic E-state index is 13.7. The van der Waals surface area contributed by atoms with E-state index in [9.17, 15) is 9.59 Å². The average molecular weight is 564 g/mol. The number of rotatable bonds is 12. The molecule has 9 nitrogen and oxygen atoms in total. The first-order valence-electron chi connectivity index (χ1n) is 14.1. The molecule has 0 saturated carbocycles. The Morgan fingerprint density at radius 1 is 0.976 bits per heavy atom. The smallest absolute Gasteiger partial charge is 0.414 e. The Hall–Kier alpha value is -3.82. The zero-order valence-electron chi connectivity index (χ0n) is 24.6. The molecule has 0 aliphatic carbocycles. The van der Waals surface area contributed by atoms with E-state index in [1.165, 1.54) is 0 Å². The second-order valence-electron chi connectivity index (χ2n) is 10.5. The summed E-state index contributed by atoms with van der Waals surface area (Å²) in [6.45, 7) is 6.62. The number of anilines is 1. The Labute approximate surface area is 242 Å². The van der Waals surface area contributed by atoms with Crippen LogP contribution in [0.5, 0.6) is 11.5 Å². The van der Waals surface area contributed by atoms with Crippen molar-refractivity contribution >= 4 is 28.5 Å². The Morgan fingerprint density at radius 2 is 1.76 bits per heavy atom. The fraction of sp³-hybridized carbons (Fsp3) is 0.438. The van der Waals surface area contributed by atoms with Gasteiger partial charge in [0.2, 0.25) is 0 Å². The first kappa shape index (κ1) is 30.1. The van der Waals surface area contributed by atoms with Gasteiger partial charge in [0.15, 0.2) is 11.5 Å². The van der Waals surface area contributed by atoms with Crippen molar-refractivity contribution in [1.82, 2.24) is 10.2 Å². The lowest BCUT2D eigenvalue weighted by atomic mass is 10.0. The molecular weight excluding hydrogens is 522 g/mol. The van der Waals surface area contributed by atoms with E-state index in [0.29, 0.717) is 49.9 Å². The SMILES string of the molecule is COCCCOc1cc(C(=O)N(C[C@H]2CNC[C@H]2OC(=O)N(C)c2cccc3ccccc23)C(C)C)ccc1OC. The van der Waals surface area contributed by atoms with Crippen LogP contribution in [0.4, 0.5) is 10.5 Å². The van der Waals surface area contributed by atoms with E-state index in [4.69, 9.17) is 18.9 Å². The largest absolute Gasteiger partial charge is 0.493 e. The van der Waals surface area contributed by atoms with Crippen LogP contribution in [-0.2, 0) is 9.47 Å². The summed E-state index contributed by atoms with van der Waals surface area (Å²) in [5.74, 6) is 0.907. The number of carbonyl (C=O) groups excluding carboxylic acids is 2. The lowest BCUT2D eigenvalue weighted by molar-refractivity contribution is 0.0541. The van der Waals surface area contributed by atoms with E-state index in [-0.39, 0.29) is 24.0 Å². The van der Waals surface area contributed by atoms with Crippen molar-refractivity contribution in [2.75, 3.05) is 59.0 Å². The molecule has 1 N–H and O–H groups in total. The van der Waals surface area contributed by atoms with E-state index >= 15 is 0 Å². The van der Waals surface area contributed by atoms with Crippen LogP contribution in [0.3, 0.4) is 0 Å². The van der Waals surface area contributed by atoms with Crippen molar-refractivity contribution in [2.45, 2.75) is 32.4 Å². The average Bonchev–Trinajstić information content (AvgIpc) is 3.43. The summed E-state index contributed by atoms with van der Waals surface area (Å²) in [4.78, 5) is 30.3. The molecule has 1 heterocycles. The van der Waals surface area contributed by atoms with Crippen LogP contribution in [0, 0.1) is 5.92 Å². The number of methoxy groups -OCH3 is 2. The molecule has 220 valence electrons. The minimum atomic E-state index is -0.423. The molecule has 2 atom stereocenters. The van der Waals surface area contributed by atoms with Gasteiger partial charge < -0.3 is 29.2 Å². The monoisotopic (exact) mass is 563 g/mol. The summed E-state index contributed by atoms with van der Waals surface area (Å²) in [6.07, 6.45) is -0.0714. The number of benzene rings is 3. The van der Waals surface area contributed by atoms with Gasteiger partial charge in [-0.2, -0.15) is 0 Å². The summed E-state index contributed by atoms with van der Waals surface area (Å²) in [7, 11) is 4.95. The quantitative estimate of drug-likeness (QED) is 0.311. The number of fused-ring (bicyclic) bond motifs is 1. The number of carbonyl (C=O) groups is 2. The minimum Gasteiger partial charge on any atom is -0.493 e. The van der Waals surface area contributed by atoms with Gasteiger partial charge in [0.1, 0.15) is 6.10 Å². The number of amides is 2. The molecule has 2 amide bonds. The van der Waals surface area contributed by atoms with Gasteiger partial charge in [-0.3, -0.25) is 9.69 Å². The molecule has 0 spiro atoms. The third kappa shape index (κ3) is 7.28. The first-order valence-corrected chi connectivity index (χ1v) is 14.1. The van der Waals surface area contributed by atoms with Crippen molar-refractivity contribution in [2.24, 2.45) is 5.92 Å². The molecule has 0 bridgehead atoms. The Kier molecular flexibility index (Phi) is 10.4. The highest BCUT2D eigenvalue weighted by Crippen LogP contribution is 2.30. The standard InChI is InChI=1S/C32H41N3O6/c1-22(2)35(31(36)24-14-15-28(39-5)29(18-24)40-17-9-16-38-4)21-25-19-33-20-30(25)41-32(37)34(3)27-13-8-11-23-10-6-7-12-26(23)27/h6-8,10-15,18,22,25,30,33H,9,16-17,19-21H2,1-5H3/t25-,30-/m1/s1. The number of hydrogen-bond acceptors (Lipinski definition) is 7. The highest BCUT2D eigenvalue weighted by atomic mass is 16.6. The predicted molar refractivity (Wildman–Crippen MR) is 160 cm³/mol. The topological polar surface area (TPSA) is 89.6 Å². The Balaban J connectivity index is 1.45. The van der Waals surface area contributed by atoms with Crippen LogP contribution in [0.2, 0.25) is 0 Å². The molecule has 1 aliphatic rings. The Bertz CT molecular complexity index is 1320. The minimum absolute atomic E-state index is 0.0609. The van der Waals surface area contributed by atoms with Crippen molar-refractivity contribution in [1.29, 1.82) is 0 Å². The van der Waals surface area contributed by atoms with Crippen molar-refractivity contribution in [3.63, 3.8) is 0 Å². The van der Waals surface area contributed by atoms with Crippen LogP contribution in [0.15, 0.2) is 60.7 Å². The first-order chi connectivity index (χ1) is 19.8. The molecule has 0 aromatic heterocycles. The van der Waals surface area contributed by atoms with Gasteiger partial charge in [0.05, 0.1) is 19.4 Å². The third-order valence-electron chi connectivity index (χ3n) is 7.41. The zero-order chi connectivity index (χ0) is 29.4.